The topological polar surface area (TPSA) is 12.5 Å². The largest absolute Gasteiger partial charge is 0.383 e. The van der Waals surface area contributed by atoms with Crippen LogP contribution in [0.3, 0.4) is 0 Å². The summed E-state index contributed by atoms with van der Waals surface area (Å²) in [6, 6.07) is 0.564. The molecule has 1 aliphatic heterocycles. The molecule has 88 valence electrons. The molecule has 0 unspecified atom stereocenters. The lowest BCUT2D eigenvalue weighted by atomic mass is 9.80. The van der Waals surface area contributed by atoms with Gasteiger partial charge in [-0.2, -0.15) is 0 Å². The molecule has 0 aliphatic carbocycles. The zero-order chi connectivity index (χ0) is 11.5. The minimum absolute atomic E-state index is 0.297. The Labute approximate surface area is 94.3 Å². The van der Waals surface area contributed by atoms with Gasteiger partial charge in [-0.15, -0.1) is 0 Å². The Bertz CT molecular complexity index is 227. The molecular formula is C13H25NO. The Balaban J connectivity index is 2.65. The van der Waals surface area contributed by atoms with Crippen LogP contribution >= 0.6 is 0 Å². The van der Waals surface area contributed by atoms with Crippen molar-refractivity contribution in [2.24, 2.45) is 5.41 Å². The summed E-state index contributed by atoms with van der Waals surface area (Å²) in [7, 11) is 1.77. The van der Waals surface area contributed by atoms with Gasteiger partial charge < -0.3 is 4.74 Å². The number of hydrogen-bond acceptors (Lipinski definition) is 2. The average Bonchev–Trinajstić information content (AvgIpc) is 2.14. The molecule has 0 saturated carbocycles. The Morgan fingerprint density at radius 1 is 1.47 bits per heavy atom. The highest BCUT2D eigenvalue weighted by Gasteiger charge is 2.28. The predicted molar refractivity (Wildman–Crippen MR) is 65.1 cm³/mol. The first-order valence-corrected chi connectivity index (χ1v) is 5.90. The van der Waals surface area contributed by atoms with Crippen molar-refractivity contribution in [3.8, 4) is 0 Å². The minimum atomic E-state index is 0.297. The fourth-order valence-corrected chi connectivity index (χ4v) is 2.39. The summed E-state index contributed by atoms with van der Waals surface area (Å²) in [6.45, 7) is 12.3. The van der Waals surface area contributed by atoms with Crippen LogP contribution in [0.1, 0.15) is 34.1 Å². The van der Waals surface area contributed by atoms with Crippen LogP contribution in [0, 0.1) is 5.41 Å². The Morgan fingerprint density at radius 3 is 2.67 bits per heavy atom. The van der Waals surface area contributed by atoms with Crippen molar-refractivity contribution in [2.75, 3.05) is 26.8 Å². The highest BCUT2D eigenvalue weighted by molar-refractivity contribution is 5.20. The van der Waals surface area contributed by atoms with E-state index in [1.807, 2.05) is 0 Å². The van der Waals surface area contributed by atoms with Crippen LogP contribution in [0.2, 0.25) is 0 Å². The van der Waals surface area contributed by atoms with Gasteiger partial charge in [-0.05, 0) is 18.8 Å². The number of ether oxygens (including phenoxy) is 1. The summed E-state index contributed by atoms with van der Waals surface area (Å²) in [5.41, 5.74) is 1.87. The van der Waals surface area contributed by atoms with Crippen LogP contribution in [0.25, 0.3) is 0 Å². The molecule has 0 amide bonds. The van der Waals surface area contributed by atoms with Crippen molar-refractivity contribution in [2.45, 2.75) is 40.2 Å². The van der Waals surface area contributed by atoms with E-state index >= 15 is 0 Å². The van der Waals surface area contributed by atoms with E-state index in [0.29, 0.717) is 11.5 Å². The zero-order valence-electron chi connectivity index (χ0n) is 10.8. The smallest absolute Gasteiger partial charge is 0.0589 e. The van der Waals surface area contributed by atoms with Gasteiger partial charge in [-0.1, -0.05) is 32.4 Å². The Morgan fingerprint density at radius 2 is 2.13 bits per heavy atom. The van der Waals surface area contributed by atoms with Crippen molar-refractivity contribution in [1.82, 2.24) is 4.90 Å². The SMILES string of the molecule is COCCN1CCC=C(C(C)(C)C)[C@H]1C. The molecule has 2 nitrogen and oxygen atoms in total. The van der Waals surface area contributed by atoms with Crippen molar-refractivity contribution in [3.05, 3.63) is 11.6 Å². The molecule has 0 radical (unpaired) electrons. The van der Waals surface area contributed by atoms with Crippen LogP contribution < -0.4 is 0 Å². The first kappa shape index (κ1) is 12.7. The summed E-state index contributed by atoms with van der Waals surface area (Å²) in [5.74, 6) is 0. The van der Waals surface area contributed by atoms with Gasteiger partial charge in [0.15, 0.2) is 0 Å². The number of methoxy groups -OCH3 is 1. The minimum Gasteiger partial charge on any atom is -0.383 e. The second-order valence-corrected chi connectivity index (χ2v) is 5.40. The number of nitrogens with zero attached hydrogens (tertiary/aromatic N) is 1. The van der Waals surface area contributed by atoms with Crippen LogP contribution in [0.15, 0.2) is 11.6 Å². The van der Waals surface area contributed by atoms with Crippen molar-refractivity contribution in [1.29, 1.82) is 0 Å². The van der Waals surface area contributed by atoms with Gasteiger partial charge in [0.05, 0.1) is 6.61 Å². The molecular weight excluding hydrogens is 186 g/mol. The van der Waals surface area contributed by atoms with E-state index in [9.17, 15) is 0 Å². The summed E-state index contributed by atoms with van der Waals surface area (Å²) < 4.78 is 5.15. The summed E-state index contributed by atoms with van der Waals surface area (Å²) in [5, 5.41) is 0. The number of rotatable bonds is 3. The molecule has 0 spiro atoms. The lowest BCUT2D eigenvalue weighted by Gasteiger charge is -2.39. The molecule has 0 bridgehead atoms. The molecule has 0 fully saturated rings. The van der Waals surface area contributed by atoms with Gasteiger partial charge in [0, 0.05) is 26.2 Å². The number of hydrogen-bond donors (Lipinski definition) is 0. The van der Waals surface area contributed by atoms with E-state index in [1.165, 1.54) is 13.0 Å². The normalized spacial score (nSPS) is 24.1. The molecule has 1 atom stereocenters. The van der Waals surface area contributed by atoms with Gasteiger partial charge >= 0.3 is 0 Å². The third kappa shape index (κ3) is 3.32. The Kier molecular flexibility index (Phi) is 4.35. The van der Waals surface area contributed by atoms with Gasteiger partial charge in [0.25, 0.3) is 0 Å². The van der Waals surface area contributed by atoms with E-state index in [1.54, 1.807) is 12.7 Å². The quantitative estimate of drug-likeness (QED) is 0.666. The maximum absolute atomic E-state index is 5.15. The molecule has 0 aromatic carbocycles. The standard InChI is InChI=1S/C13H25NO/c1-11-12(13(2,3)4)7-6-8-14(11)9-10-15-5/h7,11H,6,8-10H2,1-5H3/t11-/m1/s1. The molecule has 0 aromatic rings. The maximum Gasteiger partial charge on any atom is 0.0589 e. The molecule has 15 heavy (non-hydrogen) atoms. The monoisotopic (exact) mass is 211 g/mol. The van der Waals surface area contributed by atoms with Gasteiger partial charge in [0.2, 0.25) is 0 Å². The van der Waals surface area contributed by atoms with Crippen LogP contribution in [0.5, 0.6) is 0 Å². The third-order valence-electron chi connectivity index (χ3n) is 3.23. The maximum atomic E-state index is 5.15. The van der Waals surface area contributed by atoms with Gasteiger partial charge in [-0.25, -0.2) is 0 Å². The molecule has 1 rings (SSSR count). The van der Waals surface area contributed by atoms with Crippen molar-refractivity contribution < 1.29 is 4.74 Å². The first-order chi connectivity index (χ1) is 6.96. The van der Waals surface area contributed by atoms with Crippen LogP contribution in [0.4, 0.5) is 0 Å². The van der Waals surface area contributed by atoms with Crippen molar-refractivity contribution >= 4 is 0 Å². The third-order valence-corrected chi connectivity index (χ3v) is 3.23. The van der Waals surface area contributed by atoms with Crippen molar-refractivity contribution in [3.63, 3.8) is 0 Å². The fraction of sp³-hybridized carbons (Fsp3) is 0.846. The highest BCUT2D eigenvalue weighted by Crippen LogP contribution is 2.32. The molecule has 1 aliphatic rings. The molecule has 0 N–H and O–H groups in total. The second-order valence-electron chi connectivity index (χ2n) is 5.40. The average molecular weight is 211 g/mol. The molecule has 0 aromatic heterocycles. The van der Waals surface area contributed by atoms with E-state index in [2.05, 4.69) is 38.7 Å². The van der Waals surface area contributed by atoms with Gasteiger partial charge in [0.1, 0.15) is 0 Å². The zero-order valence-corrected chi connectivity index (χ0v) is 10.8. The summed E-state index contributed by atoms with van der Waals surface area (Å²) >= 11 is 0. The summed E-state index contributed by atoms with van der Waals surface area (Å²) in [4.78, 5) is 2.52. The Hall–Kier alpha value is -0.340. The summed E-state index contributed by atoms with van der Waals surface area (Å²) in [6.07, 6.45) is 3.61. The molecule has 1 heterocycles. The van der Waals surface area contributed by atoms with Crippen LogP contribution in [-0.4, -0.2) is 37.7 Å². The highest BCUT2D eigenvalue weighted by atomic mass is 16.5. The van der Waals surface area contributed by atoms with E-state index < -0.39 is 0 Å². The van der Waals surface area contributed by atoms with E-state index in [0.717, 1.165) is 13.2 Å². The van der Waals surface area contributed by atoms with E-state index in [-0.39, 0.29) is 0 Å². The van der Waals surface area contributed by atoms with Crippen LogP contribution in [-0.2, 0) is 4.74 Å². The lowest BCUT2D eigenvalue weighted by molar-refractivity contribution is 0.124. The van der Waals surface area contributed by atoms with E-state index in [4.69, 9.17) is 4.74 Å². The first-order valence-electron chi connectivity index (χ1n) is 5.90. The van der Waals surface area contributed by atoms with Gasteiger partial charge in [-0.3, -0.25) is 4.90 Å². The fourth-order valence-electron chi connectivity index (χ4n) is 2.39. The lowest BCUT2D eigenvalue weighted by Crippen LogP contribution is -2.42. The molecule has 2 heteroatoms. The molecule has 0 saturated heterocycles. The second kappa shape index (κ2) is 5.13. The predicted octanol–water partition coefficient (Wildman–Crippen LogP) is 2.70.